The number of fused-ring (bicyclic) bond motifs is 1. The van der Waals surface area contributed by atoms with Crippen LogP contribution in [0.25, 0.3) is 10.9 Å². The number of benzene rings is 1. The summed E-state index contributed by atoms with van der Waals surface area (Å²) in [4.78, 5) is 17.7. The topological polar surface area (TPSA) is 45.3 Å². The molecule has 106 valence electrons. The fourth-order valence-corrected chi connectivity index (χ4v) is 2.86. The van der Waals surface area contributed by atoms with Crippen molar-refractivity contribution in [3.05, 3.63) is 36.0 Å². The number of hydrogen-bond donors (Lipinski definition) is 1. The van der Waals surface area contributed by atoms with E-state index in [1.807, 2.05) is 29.3 Å². The first-order valence-corrected chi connectivity index (χ1v) is 7.01. The molecule has 0 unspecified atom stereocenters. The summed E-state index contributed by atoms with van der Waals surface area (Å²) in [6.45, 7) is 6.02. The van der Waals surface area contributed by atoms with Crippen LogP contribution < -0.4 is 0 Å². The summed E-state index contributed by atoms with van der Waals surface area (Å²) in [6, 6.07) is 8.08. The Kier molecular flexibility index (Phi) is 3.26. The summed E-state index contributed by atoms with van der Waals surface area (Å²) in [5.74, 6) is 0.169. The van der Waals surface area contributed by atoms with Crippen molar-refractivity contribution < 1.29 is 9.53 Å². The summed E-state index contributed by atoms with van der Waals surface area (Å²) in [5.41, 5.74) is 1.92. The number of carbonyl (C=O) groups excluding carboxylic acids is 1. The molecule has 1 amide bonds. The molecule has 0 aliphatic carbocycles. The van der Waals surface area contributed by atoms with Gasteiger partial charge in [-0.25, -0.2) is 0 Å². The minimum absolute atomic E-state index is 0.169. The van der Waals surface area contributed by atoms with Gasteiger partial charge in [0.05, 0.1) is 25.2 Å². The molecule has 2 aromatic rings. The van der Waals surface area contributed by atoms with Crippen molar-refractivity contribution in [3.63, 3.8) is 0 Å². The van der Waals surface area contributed by atoms with Crippen molar-refractivity contribution in [2.24, 2.45) is 0 Å². The van der Waals surface area contributed by atoms with Crippen LogP contribution in [0.15, 0.2) is 30.5 Å². The molecule has 0 atom stereocenters. The number of H-pyrrole nitrogens is 1. The van der Waals surface area contributed by atoms with E-state index in [9.17, 15) is 4.79 Å². The lowest BCUT2D eigenvalue weighted by molar-refractivity contribution is -0.145. The van der Waals surface area contributed by atoms with E-state index < -0.39 is 0 Å². The van der Waals surface area contributed by atoms with Crippen LogP contribution in [0, 0.1) is 0 Å². The smallest absolute Gasteiger partial charge is 0.227 e. The molecule has 1 aromatic heterocycles. The van der Waals surface area contributed by atoms with Crippen molar-refractivity contribution in [3.8, 4) is 0 Å². The zero-order chi connectivity index (χ0) is 14.2. The van der Waals surface area contributed by atoms with Crippen LogP contribution in [0.5, 0.6) is 0 Å². The van der Waals surface area contributed by atoms with Crippen molar-refractivity contribution >= 4 is 16.8 Å². The van der Waals surface area contributed by atoms with Crippen LogP contribution in [0.3, 0.4) is 0 Å². The lowest BCUT2D eigenvalue weighted by atomic mass is 10.0. The lowest BCUT2D eigenvalue weighted by Gasteiger charge is -2.42. The Hall–Kier alpha value is -1.81. The first-order chi connectivity index (χ1) is 9.58. The SMILES string of the molecule is CC1(C)COCCN1C(=O)Cc1c[nH]c2ccccc12. The number of nitrogens with one attached hydrogen (secondary N) is 1. The quantitative estimate of drug-likeness (QED) is 0.912. The third-order valence-electron chi connectivity index (χ3n) is 3.96. The number of amides is 1. The van der Waals surface area contributed by atoms with Gasteiger partial charge in [-0.15, -0.1) is 0 Å². The fourth-order valence-electron chi connectivity index (χ4n) is 2.86. The zero-order valence-electron chi connectivity index (χ0n) is 12.0. The second kappa shape index (κ2) is 4.94. The van der Waals surface area contributed by atoms with Gasteiger partial charge in [0, 0.05) is 23.6 Å². The molecule has 1 aliphatic rings. The molecule has 1 aliphatic heterocycles. The van der Waals surface area contributed by atoms with E-state index in [2.05, 4.69) is 24.9 Å². The molecule has 1 saturated heterocycles. The van der Waals surface area contributed by atoms with E-state index in [0.717, 1.165) is 16.5 Å². The Morgan fingerprint density at radius 3 is 3.00 bits per heavy atom. The highest BCUT2D eigenvalue weighted by Crippen LogP contribution is 2.23. The minimum atomic E-state index is -0.221. The second-order valence-corrected chi connectivity index (χ2v) is 5.95. The second-order valence-electron chi connectivity index (χ2n) is 5.95. The summed E-state index contributed by atoms with van der Waals surface area (Å²) in [6.07, 6.45) is 2.38. The molecule has 4 heteroatoms. The zero-order valence-corrected chi connectivity index (χ0v) is 12.0. The van der Waals surface area contributed by atoms with E-state index in [1.165, 1.54) is 0 Å². The molecule has 3 rings (SSSR count). The highest BCUT2D eigenvalue weighted by Gasteiger charge is 2.34. The lowest BCUT2D eigenvalue weighted by Crippen LogP contribution is -2.55. The van der Waals surface area contributed by atoms with E-state index in [0.29, 0.717) is 26.2 Å². The average molecular weight is 272 g/mol. The molecule has 0 spiro atoms. The fraction of sp³-hybridized carbons (Fsp3) is 0.438. The monoisotopic (exact) mass is 272 g/mol. The maximum atomic E-state index is 12.6. The van der Waals surface area contributed by atoms with Crippen LogP contribution in [0.4, 0.5) is 0 Å². The Morgan fingerprint density at radius 1 is 1.40 bits per heavy atom. The standard InChI is InChI=1S/C16H20N2O2/c1-16(2)11-20-8-7-18(16)15(19)9-12-10-17-14-6-4-3-5-13(12)14/h3-6,10,17H,7-9,11H2,1-2H3. The van der Waals surface area contributed by atoms with E-state index >= 15 is 0 Å². The largest absolute Gasteiger partial charge is 0.377 e. The number of aromatic amines is 1. The third-order valence-corrected chi connectivity index (χ3v) is 3.96. The van der Waals surface area contributed by atoms with Gasteiger partial charge in [-0.1, -0.05) is 18.2 Å². The van der Waals surface area contributed by atoms with Crippen LogP contribution in [-0.2, 0) is 16.0 Å². The van der Waals surface area contributed by atoms with Crippen molar-refractivity contribution in [2.45, 2.75) is 25.8 Å². The minimum Gasteiger partial charge on any atom is -0.377 e. The predicted octanol–water partition coefficient (Wildman–Crippen LogP) is 2.35. The van der Waals surface area contributed by atoms with Gasteiger partial charge < -0.3 is 14.6 Å². The third kappa shape index (κ3) is 2.31. The molecule has 0 radical (unpaired) electrons. The van der Waals surface area contributed by atoms with E-state index in [-0.39, 0.29) is 11.4 Å². The maximum Gasteiger partial charge on any atom is 0.227 e. The molecule has 4 nitrogen and oxygen atoms in total. The van der Waals surface area contributed by atoms with Gasteiger partial charge >= 0.3 is 0 Å². The van der Waals surface area contributed by atoms with E-state index in [4.69, 9.17) is 4.74 Å². The van der Waals surface area contributed by atoms with Gasteiger partial charge in [-0.2, -0.15) is 0 Å². The van der Waals surface area contributed by atoms with Crippen LogP contribution in [-0.4, -0.2) is 41.1 Å². The van der Waals surface area contributed by atoms with Gasteiger partial charge in [0.25, 0.3) is 0 Å². The number of aromatic nitrogens is 1. The van der Waals surface area contributed by atoms with Crippen LogP contribution >= 0.6 is 0 Å². The number of hydrogen-bond acceptors (Lipinski definition) is 2. The van der Waals surface area contributed by atoms with Gasteiger partial charge in [0.15, 0.2) is 0 Å². The number of para-hydroxylation sites is 1. The first-order valence-electron chi connectivity index (χ1n) is 7.01. The van der Waals surface area contributed by atoms with Gasteiger partial charge in [0.2, 0.25) is 5.91 Å². The molecule has 20 heavy (non-hydrogen) atoms. The molecule has 2 heterocycles. The summed E-state index contributed by atoms with van der Waals surface area (Å²) < 4.78 is 5.47. The molecule has 1 aromatic carbocycles. The first kappa shape index (κ1) is 13.2. The Bertz CT molecular complexity index is 630. The summed E-state index contributed by atoms with van der Waals surface area (Å²) in [7, 11) is 0. The Morgan fingerprint density at radius 2 is 2.20 bits per heavy atom. The summed E-state index contributed by atoms with van der Waals surface area (Å²) >= 11 is 0. The molecule has 0 saturated carbocycles. The molecular weight excluding hydrogens is 252 g/mol. The molecular formula is C16H20N2O2. The van der Waals surface area contributed by atoms with Crippen LogP contribution in [0.2, 0.25) is 0 Å². The Labute approximate surface area is 118 Å². The van der Waals surface area contributed by atoms with Crippen LogP contribution in [0.1, 0.15) is 19.4 Å². The molecule has 1 fully saturated rings. The summed E-state index contributed by atoms with van der Waals surface area (Å²) in [5, 5.41) is 1.13. The Balaban J connectivity index is 1.82. The highest BCUT2D eigenvalue weighted by molar-refractivity contribution is 5.89. The number of carbonyl (C=O) groups is 1. The number of nitrogens with zero attached hydrogens (tertiary/aromatic N) is 1. The van der Waals surface area contributed by atoms with Gasteiger partial charge in [0.1, 0.15) is 0 Å². The van der Waals surface area contributed by atoms with Gasteiger partial charge in [-0.3, -0.25) is 4.79 Å². The maximum absolute atomic E-state index is 12.6. The van der Waals surface area contributed by atoms with Gasteiger partial charge in [-0.05, 0) is 25.5 Å². The van der Waals surface area contributed by atoms with Crippen molar-refractivity contribution in [1.29, 1.82) is 0 Å². The highest BCUT2D eigenvalue weighted by atomic mass is 16.5. The molecule has 1 N–H and O–H groups in total. The number of morpholine rings is 1. The predicted molar refractivity (Wildman–Crippen MR) is 78.6 cm³/mol. The normalized spacial score (nSPS) is 18.4. The number of rotatable bonds is 2. The molecule has 0 bridgehead atoms. The van der Waals surface area contributed by atoms with Crippen molar-refractivity contribution in [2.75, 3.05) is 19.8 Å². The van der Waals surface area contributed by atoms with E-state index in [1.54, 1.807) is 0 Å². The average Bonchev–Trinajstić information content (AvgIpc) is 2.81. The number of ether oxygens (including phenoxy) is 1. The van der Waals surface area contributed by atoms with Crippen molar-refractivity contribution in [1.82, 2.24) is 9.88 Å².